The molecule has 2 rings (SSSR count). The van der Waals surface area contributed by atoms with Crippen LogP contribution < -0.4 is 0 Å². The van der Waals surface area contributed by atoms with Gasteiger partial charge in [-0.1, -0.05) is 38.1 Å². The summed E-state index contributed by atoms with van der Waals surface area (Å²) in [6.07, 6.45) is 1.33. The highest BCUT2D eigenvalue weighted by molar-refractivity contribution is 5.80. The zero-order chi connectivity index (χ0) is 20.9. The molecule has 28 heavy (non-hydrogen) atoms. The largest absolute Gasteiger partial charge is 0.444 e. The molecule has 5 nitrogen and oxygen atoms in total. The summed E-state index contributed by atoms with van der Waals surface area (Å²) in [6, 6.07) is 8.50. The summed E-state index contributed by atoms with van der Waals surface area (Å²) in [6.45, 7) is 14.3. The van der Waals surface area contributed by atoms with Crippen molar-refractivity contribution in [2.24, 2.45) is 5.92 Å². The number of hydrogen-bond acceptors (Lipinski definition) is 3. The fraction of sp³-hybridized carbons (Fsp3) is 0.652. The van der Waals surface area contributed by atoms with Gasteiger partial charge in [0.1, 0.15) is 5.60 Å². The SMILES string of the molecule is CCN(Cc1ccc(C(C)C)cc1)C(=O)[C@H]1CCCN(C(=O)OC(C)(C)C)C1. The van der Waals surface area contributed by atoms with Crippen molar-refractivity contribution in [3.05, 3.63) is 35.4 Å². The van der Waals surface area contributed by atoms with E-state index in [1.807, 2.05) is 32.6 Å². The average molecular weight is 389 g/mol. The number of ether oxygens (including phenoxy) is 1. The highest BCUT2D eigenvalue weighted by Crippen LogP contribution is 2.22. The van der Waals surface area contributed by atoms with Gasteiger partial charge >= 0.3 is 6.09 Å². The molecule has 1 heterocycles. The van der Waals surface area contributed by atoms with E-state index >= 15 is 0 Å². The van der Waals surface area contributed by atoms with Gasteiger partial charge in [0.05, 0.1) is 5.92 Å². The Morgan fingerprint density at radius 1 is 1.21 bits per heavy atom. The first-order valence-electron chi connectivity index (χ1n) is 10.5. The zero-order valence-corrected chi connectivity index (χ0v) is 18.3. The molecule has 0 saturated carbocycles. The van der Waals surface area contributed by atoms with Crippen LogP contribution in [-0.2, 0) is 16.1 Å². The molecular formula is C23H36N2O3. The molecule has 1 aliphatic rings. The van der Waals surface area contributed by atoms with Crippen molar-refractivity contribution in [1.29, 1.82) is 0 Å². The first-order valence-corrected chi connectivity index (χ1v) is 10.5. The minimum Gasteiger partial charge on any atom is -0.444 e. The van der Waals surface area contributed by atoms with Crippen molar-refractivity contribution in [1.82, 2.24) is 9.80 Å². The van der Waals surface area contributed by atoms with Crippen molar-refractivity contribution in [3.8, 4) is 0 Å². The number of hydrogen-bond donors (Lipinski definition) is 0. The van der Waals surface area contributed by atoms with Crippen LogP contribution in [0.3, 0.4) is 0 Å². The Morgan fingerprint density at radius 3 is 2.39 bits per heavy atom. The third kappa shape index (κ3) is 6.25. The van der Waals surface area contributed by atoms with Crippen molar-refractivity contribution in [3.63, 3.8) is 0 Å². The molecule has 0 bridgehead atoms. The molecule has 156 valence electrons. The number of amides is 2. The number of piperidine rings is 1. The Bertz CT molecular complexity index is 661. The Labute approximate surface area is 170 Å². The summed E-state index contributed by atoms with van der Waals surface area (Å²) >= 11 is 0. The quantitative estimate of drug-likeness (QED) is 0.727. The van der Waals surface area contributed by atoms with Crippen molar-refractivity contribution < 1.29 is 14.3 Å². The lowest BCUT2D eigenvalue weighted by Crippen LogP contribution is -2.47. The fourth-order valence-corrected chi connectivity index (χ4v) is 3.50. The highest BCUT2D eigenvalue weighted by Gasteiger charge is 2.32. The van der Waals surface area contributed by atoms with Crippen LogP contribution in [0.15, 0.2) is 24.3 Å². The fourth-order valence-electron chi connectivity index (χ4n) is 3.50. The molecule has 5 heteroatoms. The van der Waals surface area contributed by atoms with Crippen molar-refractivity contribution >= 4 is 12.0 Å². The second-order valence-electron chi connectivity index (χ2n) is 9.01. The second kappa shape index (κ2) is 9.44. The molecule has 1 atom stereocenters. The third-order valence-corrected chi connectivity index (χ3v) is 5.14. The third-order valence-electron chi connectivity index (χ3n) is 5.14. The number of benzene rings is 1. The van der Waals surface area contributed by atoms with Gasteiger partial charge in [-0.3, -0.25) is 4.79 Å². The molecule has 1 aromatic rings. The maximum Gasteiger partial charge on any atom is 0.410 e. The maximum absolute atomic E-state index is 13.1. The molecule has 2 amide bonds. The monoisotopic (exact) mass is 388 g/mol. The van der Waals surface area contributed by atoms with Gasteiger partial charge in [0.15, 0.2) is 0 Å². The van der Waals surface area contributed by atoms with Crippen LogP contribution in [0.25, 0.3) is 0 Å². The standard InChI is InChI=1S/C23H36N2O3/c1-7-24(15-18-10-12-19(13-11-18)17(2)3)21(26)20-9-8-14-25(16-20)22(27)28-23(4,5)6/h10-13,17,20H,7-9,14-16H2,1-6H3/t20-/m0/s1. The van der Waals surface area contributed by atoms with Gasteiger partial charge in [0.2, 0.25) is 5.91 Å². The molecule has 0 aromatic heterocycles. The first kappa shape index (κ1) is 22.3. The average Bonchev–Trinajstić information content (AvgIpc) is 2.64. The molecule has 1 aliphatic heterocycles. The van der Waals surface area contributed by atoms with E-state index in [0.717, 1.165) is 18.4 Å². The maximum atomic E-state index is 13.1. The summed E-state index contributed by atoms with van der Waals surface area (Å²) < 4.78 is 5.48. The van der Waals surface area contributed by atoms with Gasteiger partial charge in [-0.25, -0.2) is 4.79 Å². The minimum atomic E-state index is -0.522. The van der Waals surface area contributed by atoms with E-state index in [0.29, 0.717) is 32.1 Å². The summed E-state index contributed by atoms with van der Waals surface area (Å²) in [7, 11) is 0. The van der Waals surface area contributed by atoms with Crippen LogP contribution >= 0.6 is 0 Å². The van der Waals surface area contributed by atoms with Crippen LogP contribution in [0.5, 0.6) is 0 Å². The predicted molar refractivity (Wildman–Crippen MR) is 112 cm³/mol. The number of nitrogens with zero attached hydrogens (tertiary/aromatic N) is 2. The van der Waals surface area contributed by atoms with Crippen LogP contribution in [0, 0.1) is 5.92 Å². The second-order valence-corrected chi connectivity index (χ2v) is 9.01. The predicted octanol–water partition coefficient (Wildman–Crippen LogP) is 4.81. The molecular weight excluding hydrogens is 352 g/mol. The minimum absolute atomic E-state index is 0.128. The number of carbonyl (C=O) groups excluding carboxylic acids is 2. The van der Waals surface area contributed by atoms with Crippen molar-refractivity contribution in [2.45, 2.75) is 72.4 Å². The molecule has 0 spiro atoms. The van der Waals surface area contributed by atoms with E-state index in [9.17, 15) is 9.59 Å². The number of rotatable bonds is 5. The number of carbonyl (C=O) groups is 2. The van der Waals surface area contributed by atoms with Gasteiger partial charge in [-0.05, 0) is 57.6 Å². The van der Waals surface area contributed by atoms with Gasteiger partial charge in [0.25, 0.3) is 0 Å². The Balaban J connectivity index is 2.00. The number of likely N-dealkylation sites (tertiary alicyclic amines) is 1. The van der Waals surface area contributed by atoms with Gasteiger partial charge in [0, 0.05) is 26.2 Å². The summed E-state index contributed by atoms with van der Waals surface area (Å²) in [5.41, 5.74) is 1.92. The summed E-state index contributed by atoms with van der Waals surface area (Å²) in [4.78, 5) is 29.1. The van der Waals surface area contributed by atoms with Gasteiger partial charge < -0.3 is 14.5 Å². The van der Waals surface area contributed by atoms with E-state index < -0.39 is 5.60 Å². The lowest BCUT2D eigenvalue weighted by Gasteiger charge is -2.35. The summed E-state index contributed by atoms with van der Waals surface area (Å²) in [5.74, 6) is 0.471. The van der Waals surface area contributed by atoms with Crippen LogP contribution in [0.2, 0.25) is 0 Å². The van der Waals surface area contributed by atoms with Crippen LogP contribution in [0.4, 0.5) is 4.79 Å². The summed E-state index contributed by atoms with van der Waals surface area (Å²) in [5, 5.41) is 0. The lowest BCUT2D eigenvalue weighted by atomic mass is 9.96. The van der Waals surface area contributed by atoms with E-state index in [1.165, 1.54) is 5.56 Å². The lowest BCUT2D eigenvalue weighted by molar-refractivity contribution is -0.137. The van der Waals surface area contributed by atoms with Gasteiger partial charge in [-0.15, -0.1) is 0 Å². The molecule has 1 fully saturated rings. The van der Waals surface area contributed by atoms with E-state index in [-0.39, 0.29) is 17.9 Å². The van der Waals surface area contributed by atoms with Crippen molar-refractivity contribution in [2.75, 3.05) is 19.6 Å². The van der Waals surface area contributed by atoms with E-state index in [1.54, 1.807) is 4.90 Å². The smallest absolute Gasteiger partial charge is 0.410 e. The molecule has 0 N–H and O–H groups in total. The first-order chi connectivity index (χ1) is 13.1. The highest BCUT2D eigenvalue weighted by atomic mass is 16.6. The molecule has 0 aliphatic carbocycles. The van der Waals surface area contributed by atoms with E-state index in [2.05, 4.69) is 38.1 Å². The molecule has 0 radical (unpaired) electrons. The Morgan fingerprint density at radius 2 is 1.86 bits per heavy atom. The molecule has 1 saturated heterocycles. The Hall–Kier alpha value is -2.04. The van der Waals surface area contributed by atoms with E-state index in [4.69, 9.17) is 4.74 Å². The molecule has 1 aromatic carbocycles. The zero-order valence-electron chi connectivity index (χ0n) is 18.3. The molecule has 0 unspecified atom stereocenters. The topological polar surface area (TPSA) is 49.9 Å². The normalized spacial score (nSPS) is 17.5. The van der Waals surface area contributed by atoms with Crippen LogP contribution in [0.1, 0.15) is 71.4 Å². The van der Waals surface area contributed by atoms with Gasteiger partial charge in [-0.2, -0.15) is 0 Å². The Kier molecular flexibility index (Phi) is 7.50. The van der Waals surface area contributed by atoms with Crippen LogP contribution in [-0.4, -0.2) is 47.0 Å².